The summed E-state index contributed by atoms with van der Waals surface area (Å²) in [5, 5.41) is 7.36. The van der Waals surface area contributed by atoms with E-state index in [1.807, 2.05) is 37.3 Å². The minimum Gasteiger partial charge on any atom is -0.445 e. The minimum absolute atomic E-state index is 0.145. The normalized spacial score (nSPS) is 12.1. The molecule has 0 unspecified atom stereocenters. The smallest absolute Gasteiger partial charge is 0.412 e. The molecule has 0 saturated carbocycles. The molecule has 0 saturated heterocycles. The van der Waals surface area contributed by atoms with Crippen LogP contribution in [0.15, 0.2) is 30.3 Å². The van der Waals surface area contributed by atoms with Crippen LogP contribution < -0.4 is 5.32 Å². The third-order valence-corrected chi connectivity index (χ3v) is 4.49. The first-order valence-corrected chi connectivity index (χ1v) is 9.33. The van der Waals surface area contributed by atoms with Crippen LogP contribution in [-0.4, -0.2) is 26.3 Å². The van der Waals surface area contributed by atoms with Crippen molar-refractivity contribution < 1.29 is 9.53 Å². The number of alkyl halides is 3. The molecule has 0 bridgehead atoms. The van der Waals surface area contributed by atoms with Crippen molar-refractivity contribution in [2.75, 3.05) is 11.9 Å². The number of carbonyl (C=O) groups is 1. The fraction of sp³-hybridized carbons (Fsp3) is 0.444. The Kier molecular flexibility index (Phi) is 6.48. The fourth-order valence-corrected chi connectivity index (χ4v) is 2.32. The molecular weight excluding hydrogens is 397 g/mol. The molecule has 1 aromatic carbocycles. The molecule has 8 heteroatoms. The summed E-state index contributed by atoms with van der Waals surface area (Å²) in [7, 11) is 0. The number of nitrogens with one attached hydrogen (secondary N) is 1. The lowest BCUT2D eigenvalue weighted by atomic mass is 9.87. The molecule has 0 spiro atoms. The number of hydrogen-bond acceptors (Lipinski definition) is 3. The highest BCUT2D eigenvalue weighted by atomic mass is 35.6. The van der Waals surface area contributed by atoms with E-state index in [1.165, 1.54) is 0 Å². The minimum atomic E-state index is -1.66. The zero-order valence-electron chi connectivity index (χ0n) is 15.1. The number of benzene rings is 1. The van der Waals surface area contributed by atoms with Crippen LogP contribution in [0, 0.1) is 6.92 Å². The van der Waals surface area contributed by atoms with Crippen LogP contribution in [0.2, 0.25) is 0 Å². The Hall–Kier alpha value is -1.43. The first kappa shape index (κ1) is 20.9. The summed E-state index contributed by atoms with van der Waals surface area (Å²) in [5.41, 5.74) is 2.67. The van der Waals surface area contributed by atoms with Gasteiger partial charge in [0.1, 0.15) is 12.4 Å². The lowest BCUT2D eigenvalue weighted by molar-refractivity contribution is 0.163. The summed E-state index contributed by atoms with van der Waals surface area (Å²) in [6, 6.07) is 9.66. The summed E-state index contributed by atoms with van der Waals surface area (Å²) in [6.07, 6.45) is 0.181. The molecule has 1 amide bonds. The lowest BCUT2D eigenvalue weighted by Crippen LogP contribution is -2.22. The monoisotopic (exact) mass is 417 g/mol. The summed E-state index contributed by atoms with van der Waals surface area (Å²) >= 11 is 16.8. The molecule has 0 atom stereocenters. The number of aromatic nitrogens is 2. The van der Waals surface area contributed by atoms with E-state index in [0.717, 1.165) is 23.4 Å². The van der Waals surface area contributed by atoms with Gasteiger partial charge in [0.25, 0.3) is 0 Å². The van der Waals surface area contributed by atoms with Crippen LogP contribution in [0.5, 0.6) is 0 Å². The quantitative estimate of drug-likeness (QED) is 0.625. The Morgan fingerprint density at radius 1 is 1.23 bits per heavy atom. The van der Waals surface area contributed by atoms with Crippen molar-refractivity contribution in [2.45, 2.75) is 43.3 Å². The maximum absolute atomic E-state index is 12.1. The first-order chi connectivity index (χ1) is 12.0. The highest BCUT2D eigenvalue weighted by Crippen LogP contribution is 2.30. The molecule has 142 valence electrons. The summed E-state index contributed by atoms with van der Waals surface area (Å²) in [6.45, 7) is 7.94. The predicted octanol–water partition coefficient (Wildman–Crippen LogP) is 5.79. The predicted molar refractivity (Wildman–Crippen MR) is 107 cm³/mol. The van der Waals surface area contributed by atoms with Gasteiger partial charge in [-0.2, -0.15) is 5.10 Å². The van der Waals surface area contributed by atoms with Crippen LogP contribution in [0.4, 0.5) is 10.6 Å². The third kappa shape index (κ3) is 5.53. The number of ether oxygens (including phenoxy) is 1. The van der Waals surface area contributed by atoms with Crippen molar-refractivity contribution in [1.29, 1.82) is 0 Å². The summed E-state index contributed by atoms with van der Waals surface area (Å²) < 4.78 is 4.96. The van der Waals surface area contributed by atoms with Gasteiger partial charge in [-0.1, -0.05) is 73.3 Å². The zero-order valence-corrected chi connectivity index (χ0v) is 17.4. The topological polar surface area (TPSA) is 56.1 Å². The maximum Gasteiger partial charge on any atom is 0.412 e. The number of hydrogen-bond donors (Lipinski definition) is 1. The molecule has 2 rings (SSSR count). The van der Waals surface area contributed by atoms with E-state index in [1.54, 1.807) is 4.68 Å². The van der Waals surface area contributed by atoms with E-state index in [0.29, 0.717) is 5.82 Å². The molecule has 2 aromatic rings. The number of rotatable bonds is 5. The molecule has 0 aliphatic heterocycles. The number of nitrogens with zero attached hydrogens (tertiary/aromatic N) is 2. The average molecular weight is 419 g/mol. The largest absolute Gasteiger partial charge is 0.445 e. The van der Waals surface area contributed by atoms with E-state index >= 15 is 0 Å². The van der Waals surface area contributed by atoms with Gasteiger partial charge in [-0.3, -0.25) is 5.32 Å². The van der Waals surface area contributed by atoms with Gasteiger partial charge < -0.3 is 4.74 Å². The van der Waals surface area contributed by atoms with Gasteiger partial charge in [-0.25, -0.2) is 9.48 Å². The standard InChI is InChI=1S/C18H22Cl3N3O2/c1-5-17(3,4)14-10-15(22-16(25)26-11-18(19,20)21)24(23-14)13-8-6-12(2)7-9-13/h6-10H,5,11H2,1-4H3,(H,22,25). The maximum atomic E-state index is 12.1. The molecule has 1 heterocycles. The molecule has 0 aliphatic carbocycles. The van der Waals surface area contributed by atoms with Gasteiger partial charge in [0.05, 0.1) is 11.4 Å². The number of amides is 1. The second-order valence-electron chi connectivity index (χ2n) is 6.72. The summed E-state index contributed by atoms with van der Waals surface area (Å²) in [5.74, 6) is 0.486. The molecule has 1 N–H and O–H groups in total. The van der Waals surface area contributed by atoms with E-state index < -0.39 is 9.89 Å². The van der Waals surface area contributed by atoms with Crippen molar-refractivity contribution in [3.8, 4) is 5.69 Å². The number of aryl methyl sites for hydroxylation is 1. The van der Waals surface area contributed by atoms with Gasteiger partial charge in [0, 0.05) is 11.5 Å². The average Bonchev–Trinajstić information content (AvgIpc) is 2.97. The van der Waals surface area contributed by atoms with E-state index in [2.05, 4.69) is 31.2 Å². The van der Waals surface area contributed by atoms with Crippen molar-refractivity contribution in [3.63, 3.8) is 0 Å². The number of carbonyl (C=O) groups excluding carboxylic acids is 1. The van der Waals surface area contributed by atoms with Gasteiger partial charge >= 0.3 is 6.09 Å². The van der Waals surface area contributed by atoms with Crippen molar-refractivity contribution >= 4 is 46.7 Å². The number of halogens is 3. The lowest BCUT2D eigenvalue weighted by Gasteiger charge is -2.19. The Morgan fingerprint density at radius 2 is 1.85 bits per heavy atom. The van der Waals surface area contributed by atoms with Gasteiger partial charge in [0.2, 0.25) is 3.79 Å². The van der Waals surface area contributed by atoms with Gasteiger partial charge in [0.15, 0.2) is 0 Å². The SMILES string of the molecule is CCC(C)(C)c1cc(NC(=O)OCC(Cl)(Cl)Cl)n(-c2ccc(C)cc2)n1. The Bertz CT molecular complexity index is 765. The first-order valence-electron chi connectivity index (χ1n) is 8.20. The van der Waals surface area contributed by atoms with E-state index in [9.17, 15) is 4.79 Å². The Labute approximate surface area is 168 Å². The highest BCUT2D eigenvalue weighted by Gasteiger charge is 2.26. The fourth-order valence-electron chi connectivity index (χ4n) is 2.15. The molecule has 26 heavy (non-hydrogen) atoms. The molecule has 0 radical (unpaired) electrons. The molecular formula is C18H22Cl3N3O2. The number of anilines is 1. The highest BCUT2D eigenvalue weighted by molar-refractivity contribution is 6.67. The van der Waals surface area contributed by atoms with Crippen molar-refractivity contribution in [1.82, 2.24) is 9.78 Å². The zero-order chi connectivity index (χ0) is 19.5. The Morgan fingerprint density at radius 3 is 2.38 bits per heavy atom. The van der Waals surface area contributed by atoms with Crippen LogP contribution in [0.25, 0.3) is 5.69 Å². The van der Waals surface area contributed by atoms with Crippen LogP contribution in [-0.2, 0) is 10.2 Å². The molecule has 1 aromatic heterocycles. The Balaban J connectivity index is 2.33. The van der Waals surface area contributed by atoms with Crippen LogP contribution >= 0.6 is 34.8 Å². The van der Waals surface area contributed by atoms with Crippen molar-refractivity contribution in [3.05, 3.63) is 41.6 Å². The van der Waals surface area contributed by atoms with E-state index in [-0.39, 0.29) is 12.0 Å². The summed E-state index contributed by atoms with van der Waals surface area (Å²) in [4.78, 5) is 12.1. The molecule has 0 aliphatic rings. The molecule has 0 fully saturated rings. The molecule has 5 nitrogen and oxygen atoms in total. The second kappa shape index (κ2) is 8.07. The van der Waals surface area contributed by atoms with E-state index in [4.69, 9.17) is 39.5 Å². The van der Waals surface area contributed by atoms with Crippen LogP contribution in [0.1, 0.15) is 38.4 Å². The van der Waals surface area contributed by atoms with Crippen LogP contribution in [0.3, 0.4) is 0 Å². The second-order valence-corrected chi connectivity index (χ2v) is 9.23. The van der Waals surface area contributed by atoms with Crippen molar-refractivity contribution in [2.24, 2.45) is 0 Å². The van der Waals surface area contributed by atoms with Gasteiger partial charge in [-0.05, 0) is 25.5 Å². The third-order valence-electron chi connectivity index (χ3n) is 4.16. The van der Waals surface area contributed by atoms with Gasteiger partial charge in [-0.15, -0.1) is 0 Å².